The van der Waals surface area contributed by atoms with Gasteiger partial charge in [0, 0.05) is 6.54 Å². The van der Waals surface area contributed by atoms with Crippen LogP contribution in [0.4, 0.5) is 0 Å². The lowest BCUT2D eigenvalue weighted by Crippen LogP contribution is -2.37. The van der Waals surface area contributed by atoms with Crippen molar-refractivity contribution in [3.8, 4) is 0 Å². The topological polar surface area (TPSA) is 69.6 Å². The summed E-state index contributed by atoms with van der Waals surface area (Å²) in [6.07, 6.45) is -0.498. The van der Waals surface area contributed by atoms with Crippen LogP contribution in [-0.4, -0.2) is 34.9 Å². The minimum atomic E-state index is -0.902. The van der Waals surface area contributed by atoms with Crippen LogP contribution in [0.2, 0.25) is 0 Å². The molecule has 2 atom stereocenters. The molecule has 0 aromatic rings. The molecule has 0 saturated heterocycles. The number of hydrogen-bond donors (Lipinski definition) is 3. The molecule has 0 aliphatic rings. The highest BCUT2D eigenvalue weighted by Crippen LogP contribution is 1.82. The van der Waals surface area contributed by atoms with E-state index in [9.17, 15) is 4.79 Å². The third-order valence-electron chi connectivity index (χ3n) is 1.09. The van der Waals surface area contributed by atoms with Gasteiger partial charge in [0.1, 0.15) is 6.04 Å². The standard InChI is InChI=1S/C6H13NO3/c1-4(8)3-7-5(2)6(9)10/h4-5,7-8H,3H2,1-2H3,(H,9,10)/t4-,5-/m0/s1. The Morgan fingerprint density at radius 1 is 1.60 bits per heavy atom. The van der Waals surface area contributed by atoms with Crippen LogP contribution < -0.4 is 5.32 Å². The van der Waals surface area contributed by atoms with E-state index in [1.54, 1.807) is 6.92 Å². The van der Waals surface area contributed by atoms with E-state index in [4.69, 9.17) is 10.2 Å². The van der Waals surface area contributed by atoms with Crippen molar-refractivity contribution in [2.45, 2.75) is 26.0 Å². The van der Waals surface area contributed by atoms with Gasteiger partial charge in [-0.2, -0.15) is 0 Å². The van der Waals surface area contributed by atoms with Crippen molar-refractivity contribution in [1.82, 2.24) is 5.32 Å². The van der Waals surface area contributed by atoms with Crippen molar-refractivity contribution in [3.05, 3.63) is 0 Å². The van der Waals surface area contributed by atoms with E-state index >= 15 is 0 Å². The minimum absolute atomic E-state index is 0.313. The molecule has 3 N–H and O–H groups in total. The Morgan fingerprint density at radius 2 is 2.10 bits per heavy atom. The van der Waals surface area contributed by atoms with Crippen molar-refractivity contribution in [2.24, 2.45) is 0 Å². The molecule has 0 aromatic heterocycles. The Labute approximate surface area is 59.9 Å². The zero-order valence-corrected chi connectivity index (χ0v) is 6.16. The molecule has 4 nitrogen and oxygen atoms in total. The van der Waals surface area contributed by atoms with Crippen LogP contribution in [0.3, 0.4) is 0 Å². The fourth-order valence-electron chi connectivity index (χ4n) is 0.435. The van der Waals surface area contributed by atoms with Gasteiger partial charge in [0.25, 0.3) is 0 Å². The van der Waals surface area contributed by atoms with Gasteiger partial charge >= 0.3 is 5.97 Å². The van der Waals surface area contributed by atoms with Crippen LogP contribution in [0.15, 0.2) is 0 Å². The van der Waals surface area contributed by atoms with Crippen LogP contribution >= 0.6 is 0 Å². The number of carbonyl (C=O) groups is 1. The summed E-state index contributed by atoms with van der Waals surface area (Å²) in [5, 5.41) is 19.7. The molecule has 0 aliphatic heterocycles. The van der Waals surface area contributed by atoms with Gasteiger partial charge in [-0.05, 0) is 13.8 Å². The number of rotatable bonds is 4. The summed E-state index contributed by atoms with van der Waals surface area (Å²) >= 11 is 0. The van der Waals surface area contributed by atoms with Gasteiger partial charge in [-0.25, -0.2) is 0 Å². The summed E-state index contributed by atoms with van der Waals surface area (Å²) in [5.41, 5.74) is 0. The minimum Gasteiger partial charge on any atom is -0.480 e. The van der Waals surface area contributed by atoms with Crippen LogP contribution in [0, 0.1) is 0 Å². The number of hydrogen-bond acceptors (Lipinski definition) is 3. The van der Waals surface area contributed by atoms with Crippen molar-refractivity contribution < 1.29 is 15.0 Å². The Hall–Kier alpha value is -0.610. The van der Waals surface area contributed by atoms with Crippen molar-refractivity contribution in [3.63, 3.8) is 0 Å². The zero-order chi connectivity index (χ0) is 8.15. The summed E-state index contributed by atoms with van der Waals surface area (Å²) in [4.78, 5) is 10.2. The van der Waals surface area contributed by atoms with Crippen LogP contribution in [0.25, 0.3) is 0 Å². The summed E-state index contributed by atoms with van der Waals surface area (Å²) in [7, 11) is 0. The number of aliphatic hydroxyl groups is 1. The SMILES string of the molecule is C[C@H](O)CN[C@@H](C)C(=O)O. The van der Waals surface area contributed by atoms with Gasteiger partial charge in [-0.15, -0.1) is 0 Å². The van der Waals surface area contributed by atoms with Crippen LogP contribution in [-0.2, 0) is 4.79 Å². The second-order valence-corrected chi connectivity index (χ2v) is 2.32. The van der Waals surface area contributed by atoms with E-state index in [0.29, 0.717) is 6.54 Å². The predicted molar refractivity (Wildman–Crippen MR) is 36.8 cm³/mol. The van der Waals surface area contributed by atoms with E-state index in [2.05, 4.69) is 5.32 Å². The van der Waals surface area contributed by atoms with Crippen LogP contribution in [0.1, 0.15) is 13.8 Å². The Balaban J connectivity index is 3.40. The van der Waals surface area contributed by atoms with Crippen molar-refractivity contribution in [1.29, 1.82) is 0 Å². The normalized spacial score (nSPS) is 16.3. The first-order chi connectivity index (χ1) is 4.54. The first-order valence-electron chi connectivity index (χ1n) is 3.18. The monoisotopic (exact) mass is 147 g/mol. The second-order valence-electron chi connectivity index (χ2n) is 2.32. The molecule has 0 aliphatic carbocycles. The van der Waals surface area contributed by atoms with E-state index in [1.807, 2.05) is 0 Å². The fourth-order valence-corrected chi connectivity index (χ4v) is 0.435. The van der Waals surface area contributed by atoms with Gasteiger partial charge in [-0.1, -0.05) is 0 Å². The van der Waals surface area contributed by atoms with Gasteiger partial charge in [0.05, 0.1) is 6.10 Å². The van der Waals surface area contributed by atoms with Gasteiger partial charge in [-0.3, -0.25) is 4.79 Å². The number of aliphatic carboxylic acids is 1. The fraction of sp³-hybridized carbons (Fsp3) is 0.833. The summed E-state index contributed by atoms with van der Waals surface area (Å²) in [6, 6.07) is -0.588. The van der Waals surface area contributed by atoms with Crippen molar-refractivity contribution in [2.75, 3.05) is 6.54 Å². The lowest BCUT2D eigenvalue weighted by atomic mass is 10.3. The summed E-state index contributed by atoms with van der Waals surface area (Å²) in [6.45, 7) is 3.44. The lowest BCUT2D eigenvalue weighted by Gasteiger charge is -2.09. The third-order valence-corrected chi connectivity index (χ3v) is 1.09. The molecule has 0 aromatic carbocycles. The molecule has 0 bridgehead atoms. The highest BCUT2D eigenvalue weighted by atomic mass is 16.4. The average molecular weight is 147 g/mol. The lowest BCUT2D eigenvalue weighted by molar-refractivity contribution is -0.139. The molecule has 4 heteroatoms. The molecule has 0 saturated carbocycles. The molecule has 0 unspecified atom stereocenters. The maximum Gasteiger partial charge on any atom is 0.320 e. The van der Waals surface area contributed by atoms with E-state index in [1.165, 1.54) is 6.92 Å². The Morgan fingerprint density at radius 3 is 2.40 bits per heavy atom. The molecule has 0 fully saturated rings. The third kappa shape index (κ3) is 4.29. The van der Waals surface area contributed by atoms with E-state index in [0.717, 1.165) is 0 Å². The maximum atomic E-state index is 10.2. The molecule has 0 rings (SSSR count). The quantitative estimate of drug-likeness (QED) is 0.498. The summed E-state index contributed by atoms with van der Waals surface area (Å²) in [5.74, 6) is -0.902. The highest BCUT2D eigenvalue weighted by Gasteiger charge is 2.09. The number of carboxylic acid groups (broad SMARTS) is 1. The molecular weight excluding hydrogens is 134 g/mol. The first-order valence-corrected chi connectivity index (χ1v) is 3.18. The van der Waals surface area contributed by atoms with Gasteiger partial charge in [0.2, 0.25) is 0 Å². The van der Waals surface area contributed by atoms with E-state index < -0.39 is 18.1 Å². The molecule has 0 radical (unpaired) electrons. The molecule has 10 heavy (non-hydrogen) atoms. The van der Waals surface area contributed by atoms with E-state index in [-0.39, 0.29) is 0 Å². The molecule has 0 heterocycles. The maximum absolute atomic E-state index is 10.2. The average Bonchev–Trinajstić information content (AvgIpc) is 1.82. The smallest absolute Gasteiger partial charge is 0.320 e. The molecule has 60 valence electrons. The van der Waals surface area contributed by atoms with Crippen LogP contribution in [0.5, 0.6) is 0 Å². The largest absolute Gasteiger partial charge is 0.480 e. The van der Waals surface area contributed by atoms with Gasteiger partial charge in [0.15, 0.2) is 0 Å². The number of nitrogens with one attached hydrogen (secondary N) is 1. The molecule has 0 amide bonds. The Kier molecular flexibility index (Phi) is 3.99. The number of aliphatic hydroxyl groups excluding tert-OH is 1. The summed E-state index contributed by atoms with van der Waals surface area (Å²) < 4.78 is 0. The zero-order valence-electron chi connectivity index (χ0n) is 6.16. The molecular formula is C6H13NO3. The number of carboxylic acids is 1. The van der Waals surface area contributed by atoms with Gasteiger partial charge < -0.3 is 15.5 Å². The Bertz CT molecular complexity index is 114. The van der Waals surface area contributed by atoms with Crippen molar-refractivity contribution >= 4 is 5.97 Å². The first kappa shape index (κ1) is 9.39. The molecule has 0 spiro atoms. The highest BCUT2D eigenvalue weighted by molar-refractivity contribution is 5.72. The second kappa shape index (κ2) is 4.24. The predicted octanol–water partition coefficient (Wildman–Crippen LogP) is -0.570.